The van der Waals surface area contributed by atoms with Crippen molar-refractivity contribution in [2.45, 2.75) is 19.4 Å². The smallest absolute Gasteiger partial charge is 0.257 e. The van der Waals surface area contributed by atoms with Gasteiger partial charge < -0.3 is 15.4 Å². The van der Waals surface area contributed by atoms with E-state index in [1.165, 1.54) is 12.8 Å². The fraction of sp³-hybridized carbons (Fsp3) is 0.500. The largest absolute Gasteiger partial charge is 0.482 e. The van der Waals surface area contributed by atoms with Crippen LogP contribution in [0.3, 0.4) is 0 Å². The summed E-state index contributed by atoms with van der Waals surface area (Å²) in [5.74, 6) is 1.16. The minimum Gasteiger partial charge on any atom is -0.482 e. The molecule has 1 saturated carbocycles. The molecule has 19 heavy (non-hydrogen) atoms. The summed E-state index contributed by atoms with van der Waals surface area (Å²) in [4.78, 5) is 11.6. The van der Waals surface area contributed by atoms with E-state index in [1.54, 1.807) is 6.07 Å². The molecule has 1 aliphatic carbocycles. The van der Waals surface area contributed by atoms with Crippen LogP contribution in [0.4, 0.5) is 0 Å². The Morgan fingerprint density at radius 3 is 2.95 bits per heavy atom. The van der Waals surface area contributed by atoms with Gasteiger partial charge >= 0.3 is 0 Å². The third kappa shape index (κ3) is 4.40. The Labute approximate surface area is 118 Å². The summed E-state index contributed by atoms with van der Waals surface area (Å²) in [6.45, 7) is 1.42. The van der Waals surface area contributed by atoms with Crippen LogP contribution < -0.4 is 15.4 Å². The first kappa shape index (κ1) is 14.2. The van der Waals surface area contributed by atoms with Crippen molar-refractivity contribution in [2.75, 3.05) is 20.2 Å². The van der Waals surface area contributed by atoms with Crippen molar-refractivity contribution in [3.63, 3.8) is 0 Å². The molecule has 104 valence electrons. The van der Waals surface area contributed by atoms with Crippen molar-refractivity contribution in [1.29, 1.82) is 0 Å². The SMILES string of the molecule is CNCc1cccc(Cl)c1OCC(=O)NCC1CC1. The van der Waals surface area contributed by atoms with Crippen LogP contribution in [-0.2, 0) is 11.3 Å². The van der Waals surface area contributed by atoms with E-state index in [9.17, 15) is 4.79 Å². The standard InChI is InChI=1S/C14H19ClN2O2/c1-16-8-11-3-2-4-12(15)14(11)19-9-13(18)17-7-10-5-6-10/h2-4,10,16H,5-9H2,1H3,(H,17,18). The van der Waals surface area contributed by atoms with Crippen molar-refractivity contribution in [3.05, 3.63) is 28.8 Å². The van der Waals surface area contributed by atoms with Gasteiger partial charge in [0, 0.05) is 18.7 Å². The van der Waals surface area contributed by atoms with Crippen LogP contribution in [0.5, 0.6) is 5.75 Å². The molecule has 0 bridgehead atoms. The zero-order valence-electron chi connectivity index (χ0n) is 11.0. The summed E-state index contributed by atoms with van der Waals surface area (Å²) in [6.07, 6.45) is 2.44. The number of halogens is 1. The molecule has 0 saturated heterocycles. The Morgan fingerprint density at radius 2 is 2.26 bits per heavy atom. The molecule has 5 heteroatoms. The summed E-state index contributed by atoms with van der Waals surface area (Å²) in [5.41, 5.74) is 0.949. The Morgan fingerprint density at radius 1 is 1.47 bits per heavy atom. The number of carbonyl (C=O) groups is 1. The molecule has 2 N–H and O–H groups in total. The number of hydrogen-bond donors (Lipinski definition) is 2. The minimum absolute atomic E-state index is 0.00711. The van der Waals surface area contributed by atoms with Gasteiger partial charge in [-0.3, -0.25) is 4.79 Å². The zero-order valence-corrected chi connectivity index (χ0v) is 11.8. The number of benzene rings is 1. The quantitative estimate of drug-likeness (QED) is 0.804. The highest BCUT2D eigenvalue weighted by Crippen LogP contribution is 2.29. The predicted molar refractivity (Wildman–Crippen MR) is 75.4 cm³/mol. The number of carbonyl (C=O) groups excluding carboxylic acids is 1. The van der Waals surface area contributed by atoms with E-state index in [0.717, 1.165) is 12.1 Å². The van der Waals surface area contributed by atoms with Crippen molar-refractivity contribution >= 4 is 17.5 Å². The van der Waals surface area contributed by atoms with Gasteiger partial charge in [0.05, 0.1) is 5.02 Å². The highest BCUT2D eigenvalue weighted by atomic mass is 35.5. The summed E-state index contributed by atoms with van der Waals surface area (Å²) < 4.78 is 5.55. The molecule has 4 nitrogen and oxygen atoms in total. The summed E-state index contributed by atoms with van der Waals surface area (Å²) in [5, 5.41) is 6.44. The molecule has 0 aromatic heterocycles. The van der Waals surface area contributed by atoms with Crippen LogP contribution in [0.25, 0.3) is 0 Å². The third-order valence-corrected chi connectivity index (χ3v) is 3.35. The molecule has 0 aliphatic heterocycles. The average Bonchev–Trinajstić information content (AvgIpc) is 3.20. The van der Waals surface area contributed by atoms with Gasteiger partial charge in [0.15, 0.2) is 6.61 Å². The van der Waals surface area contributed by atoms with Crippen molar-refractivity contribution in [3.8, 4) is 5.75 Å². The van der Waals surface area contributed by atoms with Gasteiger partial charge in [-0.2, -0.15) is 0 Å². The number of hydrogen-bond acceptors (Lipinski definition) is 3. The molecule has 2 rings (SSSR count). The van der Waals surface area contributed by atoms with Crippen LogP contribution >= 0.6 is 11.6 Å². The fourth-order valence-electron chi connectivity index (χ4n) is 1.81. The highest BCUT2D eigenvalue weighted by molar-refractivity contribution is 6.32. The van der Waals surface area contributed by atoms with Gasteiger partial charge in [-0.1, -0.05) is 23.7 Å². The van der Waals surface area contributed by atoms with Crippen molar-refractivity contribution in [1.82, 2.24) is 10.6 Å². The number of ether oxygens (including phenoxy) is 1. The average molecular weight is 283 g/mol. The van der Waals surface area contributed by atoms with Gasteiger partial charge in [-0.25, -0.2) is 0 Å². The number of rotatable bonds is 7. The third-order valence-electron chi connectivity index (χ3n) is 3.05. The molecule has 0 radical (unpaired) electrons. The maximum Gasteiger partial charge on any atom is 0.257 e. The maximum absolute atomic E-state index is 11.6. The first-order valence-electron chi connectivity index (χ1n) is 6.52. The van der Waals surface area contributed by atoms with Gasteiger partial charge in [0.1, 0.15) is 5.75 Å². The second-order valence-electron chi connectivity index (χ2n) is 4.79. The Balaban J connectivity index is 1.88. The van der Waals surface area contributed by atoms with E-state index < -0.39 is 0 Å². The molecule has 1 aliphatic rings. The molecule has 0 heterocycles. The summed E-state index contributed by atoms with van der Waals surface area (Å²) in [6, 6.07) is 5.56. The molecule has 1 fully saturated rings. The van der Waals surface area contributed by atoms with E-state index >= 15 is 0 Å². The van der Waals surface area contributed by atoms with E-state index in [-0.39, 0.29) is 12.5 Å². The number of nitrogens with one attached hydrogen (secondary N) is 2. The lowest BCUT2D eigenvalue weighted by Gasteiger charge is -2.13. The first-order valence-corrected chi connectivity index (χ1v) is 6.90. The lowest BCUT2D eigenvalue weighted by atomic mass is 10.2. The van der Waals surface area contributed by atoms with Crippen molar-refractivity contribution < 1.29 is 9.53 Å². The number of para-hydroxylation sites is 1. The van der Waals surface area contributed by atoms with Crippen LogP contribution in [0.1, 0.15) is 18.4 Å². The van der Waals surface area contributed by atoms with Gasteiger partial charge in [-0.05, 0) is 31.9 Å². The monoisotopic (exact) mass is 282 g/mol. The van der Waals surface area contributed by atoms with E-state index in [1.807, 2.05) is 19.2 Å². The fourth-order valence-corrected chi connectivity index (χ4v) is 2.06. The molecule has 0 unspecified atom stereocenters. The van der Waals surface area contributed by atoms with Crippen LogP contribution in [0, 0.1) is 5.92 Å². The molecule has 1 aromatic rings. The minimum atomic E-state index is -0.0952. The summed E-state index contributed by atoms with van der Waals surface area (Å²) >= 11 is 6.10. The van der Waals surface area contributed by atoms with E-state index in [4.69, 9.17) is 16.3 Å². The summed E-state index contributed by atoms with van der Waals surface area (Å²) in [7, 11) is 1.85. The van der Waals surface area contributed by atoms with Crippen molar-refractivity contribution in [2.24, 2.45) is 5.92 Å². The lowest BCUT2D eigenvalue weighted by molar-refractivity contribution is -0.123. The number of amides is 1. The topological polar surface area (TPSA) is 50.4 Å². The highest BCUT2D eigenvalue weighted by Gasteiger charge is 2.21. The predicted octanol–water partition coefficient (Wildman–Crippen LogP) is 1.96. The molecule has 1 amide bonds. The first-order chi connectivity index (χ1) is 9.20. The molecular weight excluding hydrogens is 264 g/mol. The molecule has 1 aromatic carbocycles. The lowest BCUT2D eigenvalue weighted by Crippen LogP contribution is -2.30. The Kier molecular flexibility index (Phi) is 5.05. The van der Waals surface area contributed by atoms with E-state index in [2.05, 4.69) is 10.6 Å². The molecule has 0 spiro atoms. The van der Waals surface area contributed by atoms with Crippen LogP contribution in [0.2, 0.25) is 5.02 Å². The second-order valence-corrected chi connectivity index (χ2v) is 5.20. The molecule has 0 atom stereocenters. The Bertz CT molecular complexity index is 447. The van der Waals surface area contributed by atoms with Crippen LogP contribution in [0.15, 0.2) is 18.2 Å². The van der Waals surface area contributed by atoms with Gasteiger partial charge in [0.25, 0.3) is 5.91 Å². The second kappa shape index (κ2) is 6.78. The van der Waals surface area contributed by atoms with E-state index in [0.29, 0.717) is 23.2 Å². The normalized spacial score (nSPS) is 14.2. The van der Waals surface area contributed by atoms with Crippen LogP contribution in [-0.4, -0.2) is 26.1 Å². The maximum atomic E-state index is 11.6. The van der Waals surface area contributed by atoms with Gasteiger partial charge in [-0.15, -0.1) is 0 Å². The zero-order chi connectivity index (χ0) is 13.7. The molecular formula is C14H19ClN2O2. The van der Waals surface area contributed by atoms with Gasteiger partial charge in [0.2, 0.25) is 0 Å². The Hall–Kier alpha value is -1.26.